The molecule has 0 aliphatic heterocycles. The highest BCUT2D eigenvalue weighted by molar-refractivity contribution is 7.92. The first-order valence-corrected chi connectivity index (χ1v) is 16.5. The van der Waals surface area contributed by atoms with E-state index in [-0.39, 0.29) is 12.3 Å². The van der Waals surface area contributed by atoms with Crippen LogP contribution in [0.25, 0.3) is 6.08 Å². The molecule has 0 radical (unpaired) electrons. The van der Waals surface area contributed by atoms with Gasteiger partial charge in [0, 0.05) is 10.9 Å². The summed E-state index contributed by atoms with van der Waals surface area (Å²) in [5, 5.41) is 21.5. The normalized spacial score (nSPS) is 15.2. The van der Waals surface area contributed by atoms with Gasteiger partial charge in [0.2, 0.25) is 15.9 Å². The molecule has 0 aromatic heterocycles. The number of hydrogen-bond donors (Lipinski definition) is 5. The molecule has 1 unspecified atom stereocenters. The summed E-state index contributed by atoms with van der Waals surface area (Å²) in [6, 6.07) is 15.4. The van der Waals surface area contributed by atoms with Crippen LogP contribution in [0.2, 0.25) is 0 Å². The van der Waals surface area contributed by atoms with E-state index in [1.807, 2.05) is 57.2 Å². The van der Waals surface area contributed by atoms with Crippen LogP contribution >= 0.6 is 0 Å². The van der Waals surface area contributed by atoms with Crippen LogP contribution in [0, 0.1) is 11.8 Å². The molecule has 0 fully saturated rings. The maximum atomic E-state index is 13.7. The molecule has 0 aliphatic rings. The Morgan fingerprint density at radius 3 is 1.98 bits per heavy atom. The van der Waals surface area contributed by atoms with Crippen molar-refractivity contribution in [3.05, 3.63) is 77.2 Å². The maximum absolute atomic E-state index is 13.7. The van der Waals surface area contributed by atoms with Crippen LogP contribution in [0.3, 0.4) is 0 Å². The fourth-order valence-electron chi connectivity index (χ4n) is 4.51. The molecule has 0 heterocycles. The third-order valence-corrected chi connectivity index (χ3v) is 7.87. The van der Waals surface area contributed by atoms with E-state index in [9.17, 15) is 23.1 Å². The van der Waals surface area contributed by atoms with Gasteiger partial charge in [-0.15, -0.1) is 0 Å². The predicted octanol–water partition coefficient (Wildman–Crippen LogP) is 4.59. The number of benzene rings is 2. The first-order chi connectivity index (χ1) is 20.1. The lowest BCUT2D eigenvalue weighted by molar-refractivity contribution is -0.125. The van der Waals surface area contributed by atoms with Crippen molar-refractivity contribution in [3.8, 4) is 0 Å². The lowest BCUT2D eigenvalue weighted by Gasteiger charge is -2.34. The molecule has 43 heavy (non-hydrogen) atoms. The number of hydrogen-bond acceptors (Lipinski definition) is 5. The molecule has 2 aromatic rings. The first kappa shape index (κ1) is 36.0. The SMILES string of the molecule is CC(C)CCC(NC(=O)NC(C)(C)C)[C@H](O)[C@H](Cc1ccccc1)NC(=O)[C@@H](NS(=O)(=O)/C=C/c1ccccc1)C(C)C. The number of carbonyl (C=O) groups excluding carboxylic acids is 2. The van der Waals surface area contributed by atoms with Crippen molar-refractivity contribution in [2.24, 2.45) is 11.8 Å². The van der Waals surface area contributed by atoms with E-state index in [2.05, 4.69) is 34.5 Å². The van der Waals surface area contributed by atoms with Gasteiger partial charge in [0.15, 0.2) is 0 Å². The Hall–Kier alpha value is -3.21. The summed E-state index contributed by atoms with van der Waals surface area (Å²) < 4.78 is 28.4. The zero-order valence-corrected chi connectivity index (χ0v) is 27.3. The van der Waals surface area contributed by atoms with Crippen molar-refractivity contribution in [2.75, 3.05) is 0 Å². The molecule has 9 nitrogen and oxygen atoms in total. The Morgan fingerprint density at radius 1 is 0.860 bits per heavy atom. The Kier molecular flexibility index (Phi) is 13.9. The number of aliphatic hydroxyl groups excluding tert-OH is 1. The van der Waals surface area contributed by atoms with Crippen molar-refractivity contribution in [1.82, 2.24) is 20.7 Å². The van der Waals surface area contributed by atoms with E-state index < -0.39 is 51.7 Å². The van der Waals surface area contributed by atoms with Crippen molar-refractivity contribution in [1.29, 1.82) is 0 Å². The van der Waals surface area contributed by atoms with Gasteiger partial charge in [0.1, 0.15) is 6.04 Å². The second-order valence-electron chi connectivity index (χ2n) is 12.8. The standard InChI is InChI=1S/C33H50N4O5S/c1-23(2)18-19-27(35-32(40)36-33(5,6)7)30(38)28(22-26-16-12-9-13-17-26)34-31(39)29(24(3)4)37-43(41,42)21-20-25-14-10-8-11-15-25/h8-17,20-21,23-24,27-30,37-38H,18-19,22H2,1-7H3,(H,34,39)(H2,35,36,40)/b21-20+/t27?,28-,29-,30-/m0/s1. The Balaban J connectivity index is 2.33. The molecule has 238 valence electrons. The fraction of sp³-hybridized carbons (Fsp3) is 0.515. The molecule has 0 saturated carbocycles. The van der Waals surface area contributed by atoms with E-state index in [1.165, 1.54) is 6.08 Å². The molecule has 0 bridgehead atoms. The first-order valence-electron chi connectivity index (χ1n) is 14.9. The van der Waals surface area contributed by atoms with Crippen LogP contribution in [0.15, 0.2) is 66.1 Å². The maximum Gasteiger partial charge on any atom is 0.315 e. The summed E-state index contributed by atoms with van der Waals surface area (Å²) in [7, 11) is -3.97. The molecule has 2 aromatic carbocycles. The van der Waals surface area contributed by atoms with Gasteiger partial charge in [-0.25, -0.2) is 13.2 Å². The fourth-order valence-corrected chi connectivity index (χ4v) is 5.65. The van der Waals surface area contributed by atoms with Crippen LogP contribution in [0.1, 0.15) is 72.4 Å². The average Bonchev–Trinajstić information content (AvgIpc) is 2.92. The van der Waals surface area contributed by atoms with E-state index in [0.29, 0.717) is 17.9 Å². The summed E-state index contributed by atoms with van der Waals surface area (Å²) in [4.78, 5) is 26.5. The number of amides is 3. The number of nitrogens with one attached hydrogen (secondary N) is 4. The van der Waals surface area contributed by atoms with Gasteiger partial charge in [-0.05, 0) is 69.1 Å². The zero-order valence-electron chi connectivity index (χ0n) is 26.5. The minimum Gasteiger partial charge on any atom is -0.389 e. The van der Waals surface area contributed by atoms with Gasteiger partial charge in [-0.3, -0.25) is 4.79 Å². The summed E-state index contributed by atoms with van der Waals surface area (Å²) in [5.41, 5.74) is 1.10. The van der Waals surface area contributed by atoms with E-state index in [1.54, 1.807) is 38.1 Å². The Bertz CT molecular complexity index is 1280. The minimum absolute atomic E-state index is 0.278. The molecule has 0 aliphatic carbocycles. The molecule has 2 rings (SSSR count). The van der Waals surface area contributed by atoms with Crippen molar-refractivity contribution >= 4 is 28.0 Å². The van der Waals surface area contributed by atoms with Crippen LogP contribution in [0.5, 0.6) is 0 Å². The lowest BCUT2D eigenvalue weighted by atomic mass is 9.91. The molecule has 5 N–H and O–H groups in total. The highest BCUT2D eigenvalue weighted by atomic mass is 32.2. The number of carbonyl (C=O) groups is 2. The molecule has 0 saturated heterocycles. The molecular formula is C33H50N4O5S. The summed E-state index contributed by atoms with van der Waals surface area (Å²) in [6.45, 7) is 13.2. The van der Waals surface area contributed by atoms with E-state index in [4.69, 9.17) is 0 Å². The molecular weight excluding hydrogens is 564 g/mol. The van der Waals surface area contributed by atoms with Crippen molar-refractivity contribution < 1.29 is 23.1 Å². The summed E-state index contributed by atoms with van der Waals surface area (Å²) in [5.74, 6) is -0.622. The predicted molar refractivity (Wildman–Crippen MR) is 174 cm³/mol. The second-order valence-corrected chi connectivity index (χ2v) is 14.4. The van der Waals surface area contributed by atoms with Crippen LogP contribution < -0.4 is 20.7 Å². The second kappa shape index (κ2) is 16.6. The number of aliphatic hydroxyl groups is 1. The van der Waals surface area contributed by atoms with E-state index >= 15 is 0 Å². The number of rotatable bonds is 15. The van der Waals surface area contributed by atoms with Crippen LogP contribution in [-0.4, -0.2) is 55.2 Å². The van der Waals surface area contributed by atoms with Gasteiger partial charge in [0.05, 0.1) is 18.2 Å². The number of urea groups is 1. The molecule has 0 spiro atoms. The summed E-state index contributed by atoms with van der Waals surface area (Å²) in [6.07, 6.45) is 1.82. The lowest BCUT2D eigenvalue weighted by Crippen LogP contribution is -2.60. The van der Waals surface area contributed by atoms with Crippen molar-refractivity contribution in [3.63, 3.8) is 0 Å². The van der Waals surface area contributed by atoms with Gasteiger partial charge < -0.3 is 21.1 Å². The third kappa shape index (κ3) is 13.8. The van der Waals surface area contributed by atoms with Crippen LogP contribution in [-0.2, 0) is 21.2 Å². The topological polar surface area (TPSA) is 137 Å². The van der Waals surface area contributed by atoms with Gasteiger partial charge in [-0.2, -0.15) is 4.72 Å². The van der Waals surface area contributed by atoms with Crippen molar-refractivity contribution in [2.45, 2.75) is 97.5 Å². The average molecular weight is 615 g/mol. The monoisotopic (exact) mass is 614 g/mol. The largest absolute Gasteiger partial charge is 0.389 e. The van der Waals surface area contributed by atoms with Gasteiger partial charge in [0.25, 0.3) is 0 Å². The minimum atomic E-state index is -3.97. The molecule has 4 atom stereocenters. The highest BCUT2D eigenvalue weighted by Crippen LogP contribution is 2.17. The highest BCUT2D eigenvalue weighted by Gasteiger charge is 2.34. The molecule has 10 heteroatoms. The number of sulfonamides is 1. The molecule has 3 amide bonds. The zero-order chi connectivity index (χ0) is 32.2. The Morgan fingerprint density at radius 2 is 1.44 bits per heavy atom. The van der Waals surface area contributed by atoms with Gasteiger partial charge in [-0.1, -0.05) is 88.4 Å². The third-order valence-electron chi connectivity index (χ3n) is 6.79. The summed E-state index contributed by atoms with van der Waals surface area (Å²) >= 11 is 0. The Labute approximate surface area is 258 Å². The quantitative estimate of drug-likeness (QED) is 0.200. The van der Waals surface area contributed by atoms with Crippen LogP contribution in [0.4, 0.5) is 4.79 Å². The van der Waals surface area contributed by atoms with Gasteiger partial charge >= 0.3 is 6.03 Å². The smallest absolute Gasteiger partial charge is 0.315 e. The van der Waals surface area contributed by atoms with E-state index in [0.717, 1.165) is 17.4 Å².